The van der Waals surface area contributed by atoms with E-state index >= 15 is 4.57 Å². The fourth-order valence-corrected chi connectivity index (χ4v) is 9.79. The zero-order chi connectivity index (χ0) is 32.8. The van der Waals surface area contributed by atoms with Crippen LogP contribution in [0.4, 0.5) is 0 Å². The van der Waals surface area contributed by atoms with Gasteiger partial charge >= 0.3 is 0 Å². The maximum Gasteiger partial charge on any atom is 0.171 e. The van der Waals surface area contributed by atoms with Gasteiger partial charge in [0.2, 0.25) is 0 Å². The number of para-hydroxylation sites is 1. The number of hydrogen-bond acceptors (Lipinski definition) is 2. The Kier molecular flexibility index (Phi) is 7.08. The Hall–Kier alpha value is -6.02. The van der Waals surface area contributed by atoms with Gasteiger partial charge in [-0.25, -0.2) is 0 Å². The second-order valence-electron chi connectivity index (χ2n) is 12.4. The van der Waals surface area contributed by atoms with Gasteiger partial charge in [0.15, 0.2) is 7.14 Å². The summed E-state index contributed by atoms with van der Waals surface area (Å²) >= 11 is 0. The van der Waals surface area contributed by atoms with Crippen molar-refractivity contribution in [1.82, 2.24) is 9.55 Å². The Labute approximate surface area is 285 Å². The molecule has 4 heteroatoms. The van der Waals surface area contributed by atoms with E-state index in [1.807, 2.05) is 85.1 Å². The van der Waals surface area contributed by atoms with Crippen molar-refractivity contribution in [3.63, 3.8) is 0 Å². The van der Waals surface area contributed by atoms with Crippen molar-refractivity contribution < 1.29 is 4.57 Å². The SMILES string of the molecule is O=P(c1ccccc1)(c1cccc(-c2cc3ccccc3cn2)c1)c1cccc(-n2c3ccccc3c3cc(-c4ccccc4)ccc32)c1. The average molecular weight is 647 g/mol. The highest BCUT2D eigenvalue weighted by Crippen LogP contribution is 2.44. The molecular weight excluding hydrogens is 615 g/mol. The quantitative estimate of drug-likeness (QED) is 0.169. The molecule has 0 spiro atoms. The molecule has 232 valence electrons. The van der Waals surface area contributed by atoms with Crippen LogP contribution in [0.5, 0.6) is 0 Å². The monoisotopic (exact) mass is 646 g/mol. The average Bonchev–Trinajstić information content (AvgIpc) is 3.52. The molecule has 0 radical (unpaired) electrons. The second-order valence-corrected chi connectivity index (χ2v) is 15.1. The third-order valence-corrected chi connectivity index (χ3v) is 12.5. The van der Waals surface area contributed by atoms with Gasteiger partial charge in [-0.15, -0.1) is 0 Å². The van der Waals surface area contributed by atoms with Gasteiger partial charge in [0.05, 0.1) is 16.7 Å². The highest BCUT2D eigenvalue weighted by atomic mass is 31.2. The van der Waals surface area contributed by atoms with Crippen LogP contribution in [0.1, 0.15) is 0 Å². The van der Waals surface area contributed by atoms with Gasteiger partial charge in [-0.05, 0) is 59.0 Å². The molecule has 0 amide bonds. The lowest BCUT2D eigenvalue weighted by atomic mass is 10.0. The molecule has 2 heterocycles. The van der Waals surface area contributed by atoms with Gasteiger partial charge in [0.1, 0.15) is 0 Å². The molecule has 49 heavy (non-hydrogen) atoms. The summed E-state index contributed by atoms with van der Waals surface area (Å²) in [5.74, 6) is 0. The molecule has 0 saturated heterocycles. The van der Waals surface area contributed by atoms with Gasteiger partial charge in [0, 0.05) is 49.5 Å². The maximum atomic E-state index is 15.8. The van der Waals surface area contributed by atoms with E-state index in [2.05, 4.69) is 108 Å². The smallest absolute Gasteiger partial charge is 0.171 e. The highest BCUT2D eigenvalue weighted by Gasteiger charge is 2.31. The molecule has 9 rings (SSSR count). The molecule has 7 aromatic carbocycles. The van der Waals surface area contributed by atoms with E-state index in [1.165, 1.54) is 21.9 Å². The Balaban J connectivity index is 1.22. The van der Waals surface area contributed by atoms with E-state index in [0.717, 1.165) is 54.7 Å². The van der Waals surface area contributed by atoms with Crippen LogP contribution in [0.3, 0.4) is 0 Å². The van der Waals surface area contributed by atoms with Gasteiger partial charge in [-0.3, -0.25) is 4.98 Å². The second kappa shape index (κ2) is 11.9. The lowest BCUT2D eigenvalue weighted by molar-refractivity contribution is 0.592. The topological polar surface area (TPSA) is 34.9 Å². The van der Waals surface area contributed by atoms with E-state index < -0.39 is 7.14 Å². The summed E-state index contributed by atoms with van der Waals surface area (Å²) in [7, 11) is -3.31. The van der Waals surface area contributed by atoms with Crippen molar-refractivity contribution >= 4 is 55.6 Å². The van der Waals surface area contributed by atoms with Crippen LogP contribution < -0.4 is 15.9 Å². The van der Waals surface area contributed by atoms with E-state index in [-0.39, 0.29) is 0 Å². The van der Waals surface area contributed by atoms with Crippen LogP contribution in [0, 0.1) is 0 Å². The first-order valence-electron chi connectivity index (χ1n) is 16.5. The number of aromatic nitrogens is 2. The Bertz CT molecular complexity index is 2700. The standard InChI is InChI=1S/C45H31N2OP/c48-49(38-19-5-2-6-20-38,39-21-11-17-35(27-39)43-29-33-15-7-8-16-36(33)31-46-43)40-22-12-18-37(30-40)47-44-24-10-9-23-41(44)42-28-34(25-26-45(42)47)32-13-3-1-4-14-32/h1-31H. The van der Waals surface area contributed by atoms with Crippen LogP contribution in [0.2, 0.25) is 0 Å². The number of hydrogen-bond donors (Lipinski definition) is 0. The third kappa shape index (κ3) is 4.99. The molecule has 1 atom stereocenters. The molecule has 2 aromatic heterocycles. The lowest BCUT2D eigenvalue weighted by Gasteiger charge is -2.22. The molecule has 0 aliphatic rings. The van der Waals surface area contributed by atoms with Crippen molar-refractivity contribution in [3.8, 4) is 28.1 Å². The molecule has 0 aliphatic carbocycles. The largest absolute Gasteiger partial charge is 0.309 e. The van der Waals surface area contributed by atoms with E-state index in [4.69, 9.17) is 4.98 Å². The molecule has 0 aliphatic heterocycles. The predicted octanol–water partition coefficient (Wildman–Crippen LogP) is 10.3. The van der Waals surface area contributed by atoms with Crippen LogP contribution in [0.15, 0.2) is 188 Å². The summed E-state index contributed by atoms with van der Waals surface area (Å²) in [4.78, 5) is 4.78. The fourth-order valence-electron chi connectivity index (χ4n) is 7.08. The van der Waals surface area contributed by atoms with Gasteiger partial charge in [0.25, 0.3) is 0 Å². The normalized spacial score (nSPS) is 12.7. The molecular formula is C45H31N2OP. The number of fused-ring (bicyclic) bond motifs is 4. The summed E-state index contributed by atoms with van der Waals surface area (Å²) in [6, 6.07) is 62.3. The number of nitrogens with zero attached hydrogens (tertiary/aromatic N) is 2. The first-order chi connectivity index (χ1) is 24.2. The molecule has 0 N–H and O–H groups in total. The zero-order valence-corrected chi connectivity index (χ0v) is 27.5. The summed E-state index contributed by atoms with van der Waals surface area (Å²) in [6.45, 7) is 0. The third-order valence-electron chi connectivity index (χ3n) is 9.49. The Morgan fingerprint density at radius 2 is 1.06 bits per heavy atom. The van der Waals surface area contributed by atoms with Crippen LogP contribution in [0.25, 0.3) is 60.6 Å². The summed E-state index contributed by atoms with van der Waals surface area (Å²) < 4.78 is 18.1. The van der Waals surface area contributed by atoms with E-state index in [1.54, 1.807) is 0 Å². The molecule has 1 unspecified atom stereocenters. The van der Waals surface area contributed by atoms with Gasteiger partial charge in [-0.2, -0.15) is 0 Å². The molecule has 0 saturated carbocycles. The molecule has 3 nitrogen and oxygen atoms in total. The van der Waals surface area contributed by atoms with Gasteiger partial charge < -0.3 is 9.13 Å². The number of pyridine rings is 1. The van der Waals surface area contributed by atoms with Crippen molar-refractivity contribution in [2.24, 2.45) is 0 Å². The molecule has 0 bridgehead atoms. The first-order valence-corrected chi connectivity index (χ1v) is 18.2. The van der Waals surface area contributed by atoms with Gasteiger partial charge in [-0.1, -0.05) is 140 Å². The van der Waals surface area contributed by atoms with Crippen LogP contribution >= 0.6 is 7.14 Å². The van der Waals surface area contributed by atoms with Crippen molar-refractivity contribution in [2.45, 2.75) is 0 Å². The maximum absolute atomic E-state index is 15.8. The zero-order valence-electron chi connectivity index (χ0n) is 26.6. The van der Waals surface area contributed by atoms with Crippen molar-refractivity contribution in [3.05, 3.63) is 188 Å². The summed E-state index contributed by atoms with van der Waals surface area (Å²) in [5, 5.41) is 6.94. The van der Waals surface area contributed by atoms with Crippen LogP contribution in [-0.4, -0.2) is 9.55 Å². The molecule has 0 fully saturated rings. The minimum absolute atomic E-state index is 0.776. The van der Waals surface area contributed by atoms with E-state index in [0.29, 0.717) is 0 Å². The summed E-state index contributed by atoms with van der Waals surface area (Å²) in [6.07, 6.45) is 1.91. The predicted molar refractivity (Wildman–Crippen MR) is 206 cm³/mol. The Morgan fingerprint density at radius 1 is 0.429 bits per heavy atom. The highest BCUT2D eigenvalue weighted by molar-refractivity contribution is 7.85. The number of rotatable bonds is 6. The molecule has 9 aromatic rings. The lowest BCUT2D eigenvalue weighted by Crippen LogP contribution is -2.25. The Morgan fingerprint density at radius 3 is 1.90 bits per heavy atom. The van der Waals surface area contributed by atoms with E-state index in [9.17, 15) is 0 Å². The van der Waals surface area contributed by atoms with Crippen molar-refractivity contribution in [2.75, 3.05) is 0 Å². The first kappa shape index (κ1) is 29.1. The van der Waals surface area contributed by atoms with Crippen molar-refractivity contribution in [1.29, 1.82) is 0 Å². The minimum atomic E-state index is -3.31. The van der Waals surface area contributed by atoms with Crippen LogP contribution in [-0.2, 0) is 4.57 Å². The fraction of sp³-hybridized carbons (Fsp3) is 0. The summed E-state index contributed by atoms with van der Waals surface area (Å²) in [5.41, 5.74) is 7.35. The minimum Gasteiger partial charge on any atom is -0.309 e. The number of benzene rings is 7.